The molecule has 55 heavy (non-hydrogen) atoms. The van der Waals surface area contributed by atoms with Gasteiger partial charge in [0.25, 0.3) is 11.1 Å². The van der Waals surface area contributed by atoms with Crippen LogP contribution in [0.1, 0.15) is 11.1 Å². The molecule has 0 unspecified atom stereocenters. The second-order valence-electron chi connectivity index (χ2n) is 13.6. The van der Waals surface area contributed by atoms with Gasteiger partial charge in [-0.2, -0.15) is 5.10 Å². The van der Waals surface area contributed by atoms with Crippen molar-refractivity contribution >= 4 is 38.5 Å². The molecular weight excluding hydrogens is 689 g/mol. The first kappa shape index (κ1) is 32.1. The number of hydrogen-bond donors (Lipinski definition) is 0. The van der Waals surface area contributed by atoms with Gasteiger partial charge in [-0.3, -0.25) is 32.8 Å². The molecule has 7 heterocycles. The molecule has 12 heteroatoms. The minimum atomic E-state index is -0.196. The summed E-state index contributed by atoms with van der Waals surface area (Å²) in [7, 11) is 1.92. The van der Waals surface area contributed by atoms with Gasteiger partial charge in [0, 0.05) is 48.3 Å². The van der Waals surface area contributed by atoms with Crippen molar-refractivity contribution in [1.29, 1.82) is 0 Å². The summed E-state index contributed by atoms with van der Waals surface area (Å²) < 4.78 is 7.05. The molecule has 3 aromatic carbocycles. The van der Waals surface area contributed by atoms with E-state index in [1.807, 2.05) is 101 Å². The highest BCUT2D eigenvalue weighted by molar-refractivity contribution is 5.94. The van der Waals surface area contributed by atoms with Crippen LogP contribution in [-0.2, 0) is 20.1 Å². The molecule has 0 radical (unpaired) electrons. The molecule has 0 bridgehead atoms. The molecule has 0 N–H and O–H groups in total. The third kappa shape index (κ3) is 5.73. The van der Waals surface area contributed by atoms with Crippen LogP contribution in [0, 0.1) is 0 Å². The highest BCUT2D eigenvalue weighted by atomic mass is 16.1. The second-order valence-corrected chi connectivity index (χ2v) is 13.6. The number of pyridine rings is 3. The zero-order valence-electron chi connectivity index (χ0n) is 29.5. The Morgan fingerprint density at radius 3 is 2.15 bits per heavy atom. The third-order valence-electron chi connectivity index (χ3n) is 10.0. The molecule has 0 aliphatic carbocycles. The highest BCUT2D eigenvalue weighted by Crippen LogP contribution is 2.29. The average molecular weight is 719 g/mol. The van der Waals surface area contributed by atoms with Gasteiger partial charge in [0.15, 0.2) is 5.52 Å². The topological polar surface area (TPSA) is 131 Å². The van der Waals surface area contributed by atoms with Crippen LogP contribution < -0.4 is 11.1 Å². The Bertz CT molecular complexity index is 3210. The molecule has 0 saturated carbocycles. The Balaban J connectivity index is 0.866. The Morgan fingerprint density at radius 2 is 1.35 bits per heavy atom. The van der Waals surface area contributed by atoms with Crippen LogP contribution in [0.4, 0.5) is 0 Å². The first-order valence-electron chi connectivity index (χ1n) is 17.7. The lowest BCUT2D eigenvalue weighted by atomic mass is 10.0. The first-order valence-corrected chi connectivity index (χ1v) is 17.7. The smallest absolute Gasteiger partial charge is 0.280 e. The summed E-state index contributed by atoms with van der Waals surface area (Å²) in [5.41, 5.74) is 10.7. The van der Waals surface area contributed by atoms with Crippen LogP contribution in [0.5, 0.6) is 0 Å². The zero-order chi connectivity index (χ0) is 37.0. The molecule has 0 amide bonds. The summed E-state index contributed by atoms with van der Waals surface area (Å²) >= 11 is 0. The summed E-state index contributed by atoms with van der Waals surface area (Å²) in [6, 6.07) is 30.0. The number of fused-ring (bicyclic) bond motifs is 4. The van der Waals surface area contributed by atoms with Gasteiger partial charge in [-0.05, 0) is 58.1 Å². The highest BCUT2D eigenvalue weighted by Gasteiger charge is 2.13. The maximum Gasteiger partial charge on any atom is 0.280 e. The minimum absolute atomic E-state index is 0.0998. The molecule has 0 spiro atoms. The summed E-state index contributed by atoms with van der Waals surface area (Å²) in [6.07, 6.45) is 13.9. The fourth-order valence-corrected chi connectivity index (χ4v) is 7.18. The van der Waals surface area contributed by atoms with Crippen molar-refractivity contribution in [2.24, 2.45) is 7.05 Å². The predicted molar refractivity (Wildman–Crippen MR) is 212 cm³/mol. The summed E-state index contributed by atoms with van der Waals surface area (Å²) in [5, 5.41) is 6.17. The van der Waals surface area contributed by atoms with Crippen LogP contribution in [-0.4, -0.2) is 48.2 Å². The van der Waals surface area contributed by atoms with Gasteiger partial charge >= 0.3 is 0 Å². The van der Waals surface area contributed by atoms with Crippen molar-refractivity contribution in [2.75, 3.05) is 0 Å². The number of rotatable bonds is 7. The van der Waals surface area contributed by atoms with Gasteiger partial charge < -0.3 is 0 Å². The first-order chi connectivity index (χ1) is 26.9. The largest absolute Gasteiger partial charge is 0.300 e. The van der Waals surface area contributed by atoms with E-state index in [4.69, 9.17) is 0 Å². The van der Waals surface area contributed by atoms with E-state index in [-0.39, 0.29) is 11.1 Å². The SMILES string of the molecule is Cn1cc2c(-c3ccc(Cn4cnc5cc(-c6ccn7c(-c8ccc(Cn9cnc%10cnccc%10c9=O)cc8)cnc7c6)cnc5c4=O)cc3)cccc2n1. The van der Waals surface area contributed by atoms with E-state index >= 15 is 0 Å². The van der Waals surface area contributed by atoms with Crippen molar-refractivity contribution in [1.82, 2.24) is 48.2 Å². The number of aryl methyl sites for hydroxylation is 1. The van der Waals surface area contributed by atoms with Gasteiger partial charge in [-0.15, -0.1) is 0 Å². The van der Waals surface area contributed by atoms with E-state index in [0.29, 0.717) is 35.0 Å². The van der Waals surface area contributed by atoms with Crippen molar-refractivity contribution in [2.45, 2.75) is 13.1 Å². The second kappa shape index (κ2) is 12.8. The Morgan fingerprint density at radius 1 is 0.600 bits per heavy atom. The lowest BCUT2D eigenvalue weighted by Gasteiger charge is -2.10. The van der Waals surface area contributed by atoms with Crippen LogP contribution in [0.2, 0.25) is 0 Å². The standard InChI is InChI=1S/C43H30N10O2/c1-50-24-35-33(3-2-4-36(35)49-50)29-9-5-27(6-10-29)23-52-25-47-37-17-32(19-46-41(37)43(52)55)31-14-16-53-39(21-45-40(53)18-31)30-11-7-28(8-12-30)22-51-26-48-38-20-44-15-13-34(38)42(51)54/h2-21,24-26H,22-23H2,1H3. The molecule has 7 aromatic heterocycles. The normalized spacial score (nSPS) is 11.7. The van der Waals surface area contributed by atoms with Crippen molar-refractivity contribution in [3.05, 3.63) is 173 Å². The monoisotopic (exact) mass is 718 g/mol. The fourth-order valence-electron chi connectivity index (χ4n) is 7.18. The Hall–Kier alpha value is -7.60. The number of benzene rings is 3. The average Bonchev–Trinajstić information content (AvgIpc) is 3.83. The van der Waals surface area contributed by atoms with Gasteiger partial charge in [-0.25, -0.2) is 19.9 Å². The van der Waals surface area contributed by atoms with E-state index < -0.39 is 0 Å². The maximum absolute atomic E-state index is 13.5. The summed E-state index contributed by atoms with van der Waals surface area (Å²) in [5.74, 6) is 0. The van der Waals surface area contributed by atoms with E-state index in [9.17, 15) is 9.59 Å². The maximum atomic E-state index is 13.5. The predicted octanol–water partition coefficient (Wildman–Crippen LogP) is 6.53. The van der Waals surface area contributed by atoms with E-state index in [1.54, 1.807) is 46.4 Å². The molecule has 12 nitrogen and oxygen atoms in total. The van der Waals surface area contributed by atoms with E-state index in [0.717, 1.165) is 61.2 Å². The minimum Gasteiger partial charge on any atom is -0.300 e. The van der Waals surface area contributed by atoms with Gasteiger partial charge in [0.05, 0.1) is 65.8 Å². The van der Waals surface area contributed by atoms with Gasteiger partial charge in [0.2, 0.25) is 0 Å². The number of hydrogen-bond acceptors (Lipinski definition) is 8. The van der Waals surface area contributed by atoms with Crippen LogP contribution in [0.15, 0.2) is 150 Å². The fraction of sp³-hybridized carbons (Fsp3) is 0.0698. The zero-order valence-corrected chi connectivity index (χ0v) is 29.5. The third-order valence-corrected chi connectivity index (χ3v) is 10.0. The van der Waals surface area contributed by atoms with Gasteiger partial charge in [0.1, 0.15) is 5.65 Å². The molecule has 0 aliphatic heterocycles. The Kier molecular flexibility index (Phi) is 7.47. The van der Waals surface area contributed by atoms with Crippen LogP contribution in [0.25, 0.3) is 72.0 Å². The van der Waals surface area contributed by atoms with Crippen molar-refractivity contribution in [3.8, 4) is 33.5 Å². The lowest BCUT2D eigenvalue weighted by molar-refractivity contribution is 0.746. The van der Waals surface area contributed by atoms with Crippen LogP contribution >= 0.6 is 0 Å². The molecular formula is C43H30N10O2. The van der Waals surface area contributed by atoms with E-state index in [2.05, 4.69) is 48.2 Å². The number of aromatic nitrogens is 10. The molecule has 0 saturated heterocycles. The quantitative estimate of drug-likeness (QED) is 0.182. The van der Waals surface area contributed by atoms with E-state index in [1.165, 1.54) is 0 Å². The number of imidazole rings is 1. The summed E-state index contributed by atoms with van der Waals surface area (Å²) in [4.78, 5) is 48.8. The molecule has 0 atom stereocenters. The number of nitrogens with zero attached hydrogens (tertiary/aromatic N) is 10. The lowest BCUT2D eigenvalue weighted by Crippen LogP contribution is -2.22. The molecule has 10 rings (SSSR count). The molecule has 0 fully saturated rings. The van der Waals surface area contributed by atoms with Crippen LogP contribution in [0.3, 0.4) is 0 Å². The van der Waals surface area contributed by atoms with Gasteiger partial charge in [-0.1, -0.05) is 60.7 Å². The molecule has 0 aliphatic rings. The summed E-state index contributed by atoms with van der Waals surface area (Å²) in [6.45, 7) is 0.785. The molecule has 264 valence electrons. The molecule has 10 aromatic rings. The van der Waals surface area contributed by atoms with Crippen molar-refractivity contribution < 1.29 is 0 Å². The van der Waals surface area contributed by atoms with Crippen molar-refractivity contribution in [3.63, 3.8) is 0 Å². The Labute approximate surface area is 312 Å².